The lowest BCUT2D eigenvalue weighted by Gasteiger charge is -2.04. The van der Waals surface area contributed by atoms with Gasteiger partial charge < -0.3 is 10.4 Å². The number of anilines is 2. The van der Waals surface area contributed by atoms with Crippen LogP contribution < -0.4 is 5.32 Å². The van der Waals surface area contributed by atoms with Crippen molar-refractivity contribution in [2.75, 3.05) is 5.32 Å². The molecule has 0 spiro atoms. The molecule has 0 fully saturated rings. The summed E-state index contributed by atoms with van der Waals surface area (Å²) < 4.78 is 0. The molecule has 0 atom stereocenters. The van der Waals surface area contributed by atoms with E-state index in [0.29, 0.717) is 10.0 Å². The normalized spacial score (nSPS) is 14.1. The number of thiazole rings is 1. The third-order valence-corrected chi connectivity index (χ3v) is 5.22. The van der Waals surface area contributed by atoms with Crippen molar-refractivity contribution in [3.8, 4) is 5.88 Å². The molecule has 4 nitrogen and oxygen atoms in total. The van der Waals surface area contributed by atoms with Crippen LogP contribution in [0.15, 0.2) is 47.5 Å². The molecule has 1 aliphatic rings. The highest BCUT2D eigenvalue weighted by Crippen LogP contribution is 2.37. The molecule has 2 heterocycles. The third-order valence-electron chi connectivity index (χ3n) is 3.89. The number of allylic oxidation sites excluding steroid dienone is 1. The van der Waals surface area contributed by atoms with Crippen LogP contribution in [0, 0.1) is 6.92 Å². The molecular formula is C19H14ClN3OS. The Labute approximate surface area is 154 Å². The number of para-hydroxylation sites is 1. The Morgan fingerprint density at radius 3 is 2.88 bits per heavy atom. The van der Waals surface area contributed by atoms with Gasteiger partial charge in [-0.25, -0.2) is 0 Å². The number of aromatic nitrogens is 1. The van der Waals surface area contributed by atoms with Crippen LogP contribution in [0.3, 0.4) is 0 Å². The second kappa shape index (κ2) is 6.35. The van der Waals surface area contributed by atoms with Gasteiger partial charge in [-0.15, -0.1) is 0 Å². The second-order valence-electron chi connectivity index (χ2n) is 5.67. The molecule has 0 unspecified atom stereocenters. The average Bonchev–Trinajstić information content (AvgIpc) is 3.16. The number of hydrogen-bond donors (Lipinski definition) is 2. The standard InChI is InChI=1S/C19H14ClN3OS/c1-11-8-13(6-7-15(11)20)22-19-23-18(24)17(25-19)9-12-10-21-16-5-3-2-4-14(12)16/h2-10,24H,1H3,(H,22,23)/b12-9-. The van der Waals surface area contributed by atoms with Gasteiger partial charge in [0, 0.05) is 28.1 Å². The zero-order chi connectivity index (χ0) is 17.4. The van der Waals surface area contributed by atoms with Crippen LogP contribution in [0.5, 0.6) is 5.88 Å². The fraction of sp³-hybridized carbons (Fsp3) is 0.0526. The van der Waals surface area contributed by atoms with E-state index in [4.69, 9.17) is 11.6 Å². The van der Waals surface area contributed by atoms with Gasteiger partial charge in [-0.2, -0.15) is 4.98 Å². The second-order valence-corrected chi connectivity index (χ2v) is 7.11. The quantitative estimate of drug-likeness (QED) is 0.614. The summed E-state index contributed by atoms with van der Waals surface area (Å²) in [5.74, 6) is 0.00321. The van der Waals surface area contributed by atoms with E-state index in [1.807, 2.05) is 55.5 Å². The minimum absolute atomic E-state index is 0.00321. The van der Waals surface area contributed by atoms with Gasteiger partial charge in [0.1, 0.15) is 0 Å². The maximum atomic E-state index is 10.2. The highest BCUT2D eigenvalue weighted by atomic mass is 35.5. The molecule has 1 aromatic heterocycles. The average molecular weight is 368 g/mol. The Kier molecular flexibility index (Phi) is 4.03. The Morgan fingerprint density at radius 2 is 2.04 bits per heavy atom. The van der Waals surface area contributed by atoms with Gasteiger partial charge in [0.25, 0.3) is 0 Å². The zero-order valence-corrected chi connectivity index (χ0v) is 14.9. The van der Waals surface area contributed by atoms with Gasteiger partial charge in [0.2, 0.25) is 5.88 Å². The number of aromatic hydroxyl groups is 1. The molecule has 1 aliphatic heterocycles. The molecule has 25 heavy (non-hydrogen) atoms. The number of halogens is 1. The summed E-state index contributed by atoms with van der Waals surface area (Å²) in [6.45, 7) is 1.94. The van der Waals surface area contributed by atoms with Crippen molar-refractivity contribution in [3.63, 3.8) is 0 Å². The number of benzene rings is 2. The van der Waals surface area contributed by atoms with Gasteiger partial charge in [0.05, 0.1) is 10.6 Å². The molecule has 2 N–H and O–H groups in total. The van der Waals surface area contributed by atoms with E-state index < -0.39 is 0 Å². The van der Waals surface area contributed by atoms with Crippen molar-refractivity contribution in [2.45, 2.75) is 6.92 Å². The van der Waals surface area contributed by atoms with Crippen molar-refractivity contribution in [3.05, 3.63) is 63.5 Å². The first-order chi connectivity index (χ1) is 12.1. The molecule has 0 aliphatic carbocycles. The molecule has 0 saturated carbocycles. The summed E-state index contributed by atoms with van der Waals surface area (Å²) in [5, 5.41) is 14.7. The Hall–Kier alpha value is -2.63. The predicted molar refractivity (Wildman–Crippen MR) is 106 cm³/mol. The minimum Gasteiger partial charge on any atom is -0.492 e. The summed E-state index contributed by atoms with van der Waals surface area (Å²) >= 11 is 7.43. The number of fused-ring (bicyclic) bond motifs is 1. The number of rotatable bonds is 3. The molecule has 0 bridgehead atoms. The Balaban J connectivity index is 1.62. The monoisotopic (exact) mass is 367 g/mol. The largest absolute Gasteiger partial charge is 0.492 e. The molecule has 0 saturated heterocycles. The zero-order valence-electron chi connectivity index (χ0n) is 13.3. The van der Waals surface area contributed by atoms with Crippen LogP contribution in [0.4, 0.5) is 16.5 Å². The number of nitrogens with one attached hydrogen (secondary N) is 1. The first kappa shape index (κ1) is 15.9. The van der Waals surface area contributed by atoms with E-state index >= 15 is 0 Å². The first-order valence-electron chi connectivity index (χ1n) is 7.68. The van der Waals surface area contributed by atoms with Gasteiger partial charge in [0.15, 0.2) is 5.13 Å². The first-order valence-corrected chi connectivity index (χ1v) is 8.88. The number of nitrogens with zero attached hydrogens (tertiary/aromatic N) is 2. The predicted octanol–water partition coefficient (Wildman–Crippen LogP) is 5.81. The summed E-state index contributed by atoms with van der Waals surface area (Å²) in [4.78, 5) is 9.26. The number of hydrogen-bond acceptors (Lipinski definition) is 5. The van der Waals surface area contributed by atoms with Crippen LogP contribution in [-0.4, -0.2) is 16.3 Å². The maximum absolute atomic E-state index is 10.2. The van der Waals surface area contributed by atoms with Gasteiger partial charge in [-0.1, -0.05) is 41.1 Å². The summed E-state index contributed by atoms with van der Waals surface area (Å²) in [7, 11) is 0. The van der Waals surface area contributed by atoms with Gasteiger partial charge >= 0.3 is 0 Å². The molecule has 0 amide bonds. The Morgan fingerprint density at radius 1 is 1.20 bits per heavy atom. The molecule has 0 radical (unpaired) electrons. The molecule has 6 heteroatoms. The van der Waals surface area contributed by atoms with E-state index in [-0.39, 0.29) is 5.88 Å². The van der Waals surface area contributed by atoms with E-state index in [1.165, 1.54) is 11.3 Å². The van der Waals surface area contributed by atoms with Crippen molar-refractivity contribution in [1.29, 1.82) is 0 Å². The van der Waals surface area contributed by atoms with E-state index in [1.54, 1.807) is 6.21 Å². The SMILES string of the molecule is Cc1cc(Nc2nc(O)c(/C=C3/C=Nc4ccccc43)s2)ccc1Cl. The third kappa shape index (κ3) is 3.16. The van der Waals surface area contributed by atoms with E-state index in [2.05, 4.69) is 15.3 Å². The van der Waals surface area contributed by atoms with Crippen molar-refractivity contribution < 1.29 is 5.11 Å². The smallest absolute Gasteiger partial charge is 0.231 e. The van der Waals surface area contributed by atoms with Gasteiger partial charge in [-0.05, 0) is 42.8 Å². The van der Waals surface area contributed by atoms with Crippen LogP contribution in [0.2, 0.25) is 5.02 Å². The van der Waals surface area contributed by atoms with Crippen LogP contribution >= 0.6 is 22.9 Å². The molecule has 4 rings (SSSR count). The number of aliphatic imine (C=N–C) groups is 1. The minimum atomic E-state index is 0.00321. The highest BCUT2D eigenvalue weighted by Gasteiger charge is 2.14. The summed E-state index contributed by atoms with van der Waals surface area (Å²) in [6, 6.07) is 13.6. The van der Waals surface area contributed by atoms with Crippen LogP contribution in [0.25, 0.3) is 11.6 Å². The number of aryl methyl sites for hydroxylation is 1. The Bertz CT molecular complexity index is 1020. The molecule has 124 valence electrons. The van der Waals surface area contributed by atoms with Crippen molar-refractivity contribution in [1.82, 2.24) is 4.98 Å². The van der Waals surface area contributed by atoms with Crippen LogP contribution in [-0.2, 0) is 0 Å². The topological polar surface area (TPSA) is 57.5 Å². The van der Waals surface area contributed by atoms with Gasteiger partial charge in [-0.3, -0.25) is 4.99 Å². The summed E-state index contributed by atoms with van der Waals surface area (Å²) in [5.41, 5.74) is 4.81. The fourth-order valence-corrected chi connectivity index (χ4v) is 3.56. The lowest BCUT2D eigenvalue weighted by atomic mass is 10.1. The molecule has 2 aromatic carbocycles. The fourth-order valence-electron chi connectivity index (χ4n) is 2.61. The highest BCUT2D eigenvalue weighted by molar-refractivity contribution is 7.16. The van der Waals surface area contributed by atoms with Crippen LogP contribution in [0.1, 0.15) is 16.0 Å². The maximum Gasteiger partial charge on any atom is 0.231 e. The molecule has 3 aromatic rings. The lowest BCUT2D eigenvalue weighted by molar-refractivity contribution is 0.457. The van der Waals surface area contributed by atoms with E-state index in [9.17, 15) is 5.11 Å². The summed E-state index contributed by atoms with van der Waals surface area (Å²) in [6.07, 6.45) is 3.71. The van der Waals surface area contributed by atoms with E-state index in [0.717, 1.165) is 33.1 Å². The lowest BCUT2D eigenvalue weighted by Crippen LogP contribution is -1.89. The molecular weight excluding hydrogens is 354 g/mol. The van der Waals surface area contributed by atoms with Crippen molar-refractivity contribution in [2.24, 2.45) is 4.99 Å². The van der Waals surface area contributed by atoms with Crippen molar-refractivity contribution >= 4 is 57.3 Å².